The number of hydrogen-bond acceptors (Lipinski definition) is 4. The van der Waals surface area contributed by atoms with E-state index in [1.165, 1.54) is 16.9 Å². The van der Waals surface area contributed by atoms with Crippen molar-refractivity contribution >= 4 is 29.0 Å². The number of aliphatic hydroxyl groups excluding tert-OH is 1. The Bertz CT molecular complexity index is 601. The van der Waals surface area contributed by atoms with E-state index in [4.69, 9.17) is 5.11 Å². The van der Waals surface area contributed by atoms with Crippen molar-refractivity contribution in [1.82, 2.24) is 5.32 Å². The predicted octanol–water partition coefficient (Wildman–Crippen LogP) is 3.57. The number of thiophene rings is 1. The van der Waals surface area contributed by atoms with Crippen LogP contribution < -0.4 is 5.32 Å². The number of amides is 1. The first kappa shape index (κ1) is 17.1. The van der Waals surface area contributed by atoms with Gasteiger partial charge in [0.1, 0.15) is 0 Å². The van der Waals surface area contributed by atoms with Crippen LogP contribution in [0.4, 0.5) is 0 Å². The lowest BCUT2D eigenvalue weighted by molar-refractivity contribution is 0.0940. The normalized spacial score (nSPS) is 12.1. The summed E-state index contributed by atoms with van der Waals surface area (Å²) in [4.78, 5) is 13.3. The summed E-state index contributed by atoms with van der Waals surface area (Å²) in [7, 11) is 0. The second-order valence-electron chi connectivity index (χ2n) is 5.17. The molecule has 0 aliphatic rings. The molecule has 1 atom stereocenters. The van der Waals surface area contributed by atoms with Crippen molar-refractivity contribution in [2.24, 2.45) is 0 Å². The summed E-state index contributed by atoms with van der Waals surface area (Å²) in [5.74, 6) is 0.746. The van der Waals surface area contributed by atoms with Crippen molar-refractivity contribution in [2.75, 3.05) is 18.6 Å². The summed E-state index contributed by atoms with van der Waals surface area (Å²) in [6, 6.07) is 10.2. The summed E-state index contributed by atoms with van der Waals surface area (Å²) in [5.41, 5.74) is 3.22. The predicted molar refractivity (Wildman–Crippen MR) is 95.8 cm³/mol. The van der Waals surface area contributed by atoms with Crippen molar-refractivity contribution in [2.45, 2.75) is 19.4 Å². The number of thioether (sulfide) groups is 1. The van der Waals surface area contributed by atoms with E-state index in [2.05, 4.69) is 17.4 Å². The lowest BCUT2D eigenvalue weighted by Crippen LogP contribution is -2.37. The Labute approximate surface area is 139 Å². The first-order valence-corrected chi connectivity index (χ1v) is 9.48. The molecule has 0 spiro atoms. The van der Waals surface area contributed by atoms with Crippen LogP contribution in [0.2, 0.25) is 0 Å². The molecule has 5 heteroatoms. The van der Waals surface area contributed by atoms with Crippen LogP contribution in [0.1, 0.15) is 21.7 Å². The van der Waals surface area contributed by atoms with Crippen LogP contribution in [0, 0.1) is 6.92 Å². The van der Waals surface area contributed by atoms with E-state index in [1.54, 1.807) is 11.8 Å². The van der Waals surface area contributed by atoms with Crippen LogP contribution in [0.5, 0.6) is 0 Å². The molecule has 0 fully saturated rings. The molecule has 1 aromatic carbocycles. The van der Waals surface area contributed by atoms with E-state index in [9.17, 15) is 4.79 Å². The van der Waals surface area contributed by atoms with Gasteiger partial charge in [0.05, 0.1) is 4.88 Å². The molecular formula is C17H21NO2S2. The number of benzene rings is 1. The monoisotopic (exact) mass is 335 g/mol. The van der Waals surface area contributed by atoms with Gasteiger partial charge in [0.15, 0.2) is 0 Å². The lowest BCUT2D eigenvalue weighted by atomic mass is 10.0. The number of rotatable bonds is 7. The quantitative estimate of drug-likeness (QED) is 0.813. The highest BCUT2D eigenvalue weighted by atomic mass is 32.2. The molecule has 0 radical (unpaired) electrons. The van der Waals surface area contributed by atoms with E-state index < -0.39 is 0 Å². The van der Waals surface area contributed by atoms with Gasteiger partial charge in [0.2, 0.25) is 0 Å². The Morgan fingerprint density at radius 2 is 2.05 bits per heavy atom. The third-order valence-electron chi connectivity index (χ3n) is 3.41. The Hall–Kier alpha value is -1.30. The molecule has 1 aromatic heterocycles. The fourth-order valence-electron chi connectivity index (χ4n) is 2.25. The molecule has 0 bridgehead atoms. The van der Waals surface area contributed by atoms with Crippen molar-refractivity contribution in [3.05, 3.63) is 46.2 Å². The van der Waals surface area contributed by atoms with Gasteiger partial charge in [-0.05, 0) is 36.6 Å². The minimum absolute atomic E-state index is 0.000433. The molecule has 2 rings (SSSR count). The number of aliphatic hydroxyl groups is 1. The van der Waals surface area contributed by atoms with E-state index in [0.29, 0.717) is 6.42 Å². The van der Waals surface area contributed by atoms with E-state index in [-0.39, 0.29) is 18.6 Å². The number of carbonyl (C=O) groups is 1. The SMILES string of the molecule is CSCC(CCO)NC(=O)c1sccc1-c1ccc(C)cc1. The largest absolute Gasteiger partial charge is 0.396 e. The van der Waals surface area contributed by atoms with Crippen LogP contribution in [0.25, 0.3) is 11.1 Å². The van der Waals surface area contributed by atoms with E-state index >= 15 is 0 Å². The average molecular weight is 335 g/mol. The highest BCUT2D eigenvalue weighted by molar-refractivity contribution is 7.98. The number of carbonyl (C=O) groups excluding carboxylic acids is 1. The van der Waals surface area contributed by atoms with Gasteiger partial charge in [-0.2, -0.15) is 11.8 Å². The second kappa shape index (κ2) is 8.36. The molecule has 2 aromatic rings. The molecule has 0 saturated carbocycles. The Morgan fingerprint density at radius 3 is 2.68 bits per heavy atom. The van der Waals surface area contributed by atoms with Crippen molar-refractivity contribution in [3.63, 3.8) is 0 Å². The second-order valence-corrected chi connectivity index (χ2v) is 6.99. The fraction of sp³-hybridized carbons (Fsp3) is 0.353. The van der Waals surface area contributed by atoms with E-state index in [1.807, 2.05) is 36.8 Å². The molecule has 1 heterocycles. The van der Waals surface area contributed by atoms with Crippen molar-refractivity contribution < 1.29 is 9.90 Å². The van der Waals surface area contributed by atoms with Crippen LogP contribution >= 0.6 is 23.1 Å². The molecule has 0 aliphatic heterocycles. The minimum Gasteiger partial charge on any atom is -0.396 e. The molecule has 1 amide bonds. The average Bonchev–Trinajstić information content (AvgIpc) is 2.98. The number of hydrogen-bond donors (Lipinski definition) is 2. The number of aryl methyl sites for hydroxylation is 1. The molecule has 2 N–H and O–H groups in total. The summed E-state index contributed by atoms with van der Waals surface area (Å²) in [6.45, 7) is 2.13. The van der Waals surface area contributed by atoms with Gasteiger partial charge < -0.3 is 10.4 Å². The molecule has 1 unspecified atom stereocenters. The highest BCUT2D eigenvalue weighted by Gasteiger charge is 2.18. The van der Waals surface area contributed by atoms with Gasteiger partial charge in [0.25, 0.3) is 5.91 Å². The first-order chi connectivity index (χ1) is 10.7. The lowest BCUT2D eigenvalue weighted by Gasteiger charge is -2.16. The van der Waals surface area contributed by atoms with E-state index in [0.717, 1.165) is 21.8 Å². The molecule has 0 saturated heterocycles. The maximum atomic E-state index is 12.5. The Balaban J connectivity index is 2.17. The smallest absolute Gasteiger partial charge is 0.262 e. The zero-order valence-corrected chi connectivity index (χ0v) is 14.5. The third kappa shape index (κ3) is 4.35. The standard InChI is InChI=1S/C17H21NO2S2/c1-12-3-5-13(6-4-12)15-8-10-22-16(15)17(20)18-14(7-9-19)11-21-2/h3-6,8,10,14,19H,7,9,11H2,1-2H3,(H,18,20). The maximum Gasteiger partial charge on any atom is 0.262 e. The van der Waals surface area contributed by atoms with Crippen LogP contribution in [0.3, 0.4) is 0 Å². The van der Waals surface area contributed by atoms with Crippen molar-refractivity contribution in [1.29, 1.82) is 0 Å². The van der Waals surface area contributed by atoms with Gasteiger partial charge in [-0.1, -0.05) is 29.8 Å². The molecule has 0 aliphatic carbocycles. The van der Waals surface area contributed by atoms with Gasteiger partial charge in [-0.25, -0.2) is 0 Å². The highest BCUT2D eigenvalue weighted by Crippen LogP contribution is 2.28. The summed E-state index contributed by atoms with van der Waals surface area (Å²) < 4.78 is 0. The summed E-state index contributed by atoms with van der Waals surface area (Å²) >= 11 is 3.12. The topological polar surface area (TPSA) is 49.3 Å². The molecule has 3 nitrogen and oxygen atoms in total. The Kier molecular flexibility index (Phi) is 6.49. The molecular weight excluding hydrogens is 314 g/mol. The molecule has 22 heavy (non-hydrogen) atoms. The van der Waals surface area contributed by atoms with Crippen LogP contribution in [-0.4, -0.2) is 35.7 Å². The van der Waals surface area contributed by atoms with Gasteiger partial charge in [0, 0.05) is 24.0 Å². The van der Waals surface area contributed by atoms with Crippen molar-refractivity contribution in [3.8, 4) is 11.1 Å². The first-order valence-electron chi connectivity index (χ1n) is 7.21. The third-order valence-corrected chi connectivity index (χ3v) is 5.06. The molecule has 118 valence electrons. The van der Waals surface area contributed by atoms with Gasteiger partial charge in [-0.3, -0.25) is 4.79 Å². The number of nitrogens with one attached hydrogen (secondary N) is 1. The maximum absolute atomic E-state index is 12.5. The van der Waals surface area contributed by atoms with Gasteiger partial charge >= 0.3 is 0 Å². The fourth-order valence-corrected chi connectivity index (χ4v) is 3.72. The zero-order chi connectivity index (χ0) is 15.9. The van der Waals surface area contributed by atoms with Crippen LogP contribution in [-0.2, 0) is 0 Å². The van der Waals surface area contributed by atoms with Gasteiger partial charge in [-0.15, -0.1) is 11.3 Å². The Morgan fingerprint density at radius 1 is 1.32 bits per heavy atom. The summed E-state index contributed by atoms with van der Waals surface area (Å²) in [6.07, 6.45) is 2.58. The summed E-state index contributed by atoms with van der Waals surface area (Å²) in [5, 5.41) is 14.1. The zero-order valence-electron chi connectivity index (χ0n) is 12.8. The van der Waals surface area contributed by atoms with Crippen LogP contribution in [0.15, 0.2) is 35.7 Å². The minimum atomic E-state index is -0.0573.